The van der Waals surface area contributed by atoms with Gasteiger partial charge in [-0.3, -0.25) is 4.90 Å². The lowest BCUT2D eigenvalue weighted by Gasteiger charge is -2.34. The molecule has 1 aliphatic carbocycles. The lowest BCUT2D eigenvalue weighted by Crippen LogP contribution is -2.39. The molecule has 1 heterocycles. The van der Waals surface area contributed by atoms with E-state index in [0.717, 1.165) is 25.1 Å². The lowest BCUT2D eigenvalue weighted by atomic mass is 9.84. The van der Waals surface area contributed by atoms with Crippen molar-refractivity contribution >= 4 is 0 Å². The molecule has 0 bridgehead atoms. The molecule has 0 amide bonds. The highest BCUT2D eigenvalue weighted by atomic mass is 16.3. The first-order chi connectivity index (χ1) is 8.22. The van der Waals surface area contributed by atoms with E-state index in [2.05, 4.69) is 18.0 Å². The molecular formula is C14H20N2O. The zero-order valence-corrected chi connectivity index (χ0v) is 10.6. The molecule has 1 aromatic heterocycles. The minimum atomic E-state index is 0.195. The molecule has 0 aliphatic heterocycles. The Labute approximate surface area is 103 Å². The molecule has 0 saturated heterocycles. The van der Waals surface area contributed by atoms with E-state index in [0.29, 0.717) is 6.04 Å². The minimum absolute atomic E-state index is 0.195. The van der Waals surface area contributed by atoms with Gasteiger partial charge in [0, 0.05) is 18.2 Å². The molecule has 2 rings (SSSR count). The Balaban J connectivity index is 2.01. The van der Waals surface area contributed by atoms with Crippen molar-refractivity contribution in [2.75, 3.05) is 7.05 Å². The molecule has 3 heteroatoms. The van der Waals surface area contributed by atoms with Crippen LogP contribution in [0.4, 0.5) is 0 Å². The van der Waals surface area contributed by atoms with Crippen molar-refractivity contribution in [2.24, 2.45) is 5.92 Å². The Bertz CT molecular complexity index is 405. The standard InChI is InChI=1S/C14H20N2O/c1-11-13(7-8-17-11)10-16(2)14-6-4-3-5-12(14)9-15/h7-8,12,14H,3-6,10H2,1-2H3. The van der Waals surface area contributed by atoms with Crippen molar-refractivity contribution in [3.8, 4) is 6.07 Å². The maximum atomic E-state index is 9.20. The molecule has 0 N–H and O–H groups in total. The van der Waals surface area contributed by atoms with Gasteiger partial charge in [0.2, 0.25) is 0 Å². The first-order valence-electron chi connectivity index (χ1n) is 6.35. The van der Waals surface area contributed by atoms with Gasteiger partial charge in [0.15, 0.2) is 0 Å². The quantitative estimate of drug-likeness (QED) is 0.804. The molecule has 92 valence electrons. The second-order valence-electron chi connectivity index (χ2n) is 5.00. The van der Waals surface area contributed by atoms with Gasteiger partial charge in [0.25, 0.3) is 0 Å². The fourth-order valence-electron chi connectivity index (χ4n) is 2.75. The fraction of sp³-hybridized carbons (Fsp3) is 0.643. The summed E-state index contributed by atoms with van der Waals surface area (Å²) in [7, 11) is 2.12. The Morgan fingerprint density at radius 3 is 2.88 bits per heavy atom. The van der Waals surface area contributed by atoms with Gasteiger partial charge >= 0.3 is 0 Å². The molecule has 1 aliphatic rings. The normalized spacial score (nSPS) is 24.8. The molecule has 0 radical (unpaired) electrons. The van der Waals surface area contributed by atoms with Crippen LogP contribution in [0, 0.1) is 24.2 Å². The van der Waals surface area contributed by atoms with Crippen LogP contribution in [0.25, 0.3) is 0 Å². The summed E-state index contributed by atoms with van der Waals surface area (Å²) in [4.78, 5) is 2.31. The second kappa shape index (κ2) is 5.37. The van der Waals surface area contributed by atoms with Crippen molar-refractivity contribution in [2.45, 2.75) is 45.2 Å². The number of rotatable bonds is 3. The molecule has 0 aromatic carbocycles. The lowest BCUT2D eigenvalue weighted by molar-refractivity contribution is 0.150. The van der Waals surface area contributed by atoms with Gasteiger partial charge < -0.3 is 4.42 Å². The monoisotopic (exact) mass is 232 g/mol. The highest BCUT2D eigenvalue weighted by molar-refractivity contribution is 5.15. The first-order valence-corrected chi connectivity index (χ1v) is 6.35. The number of nitrogens with zero attached hydrogens (tertiary/aromatic N) is 2. The summed E-state index contributed by atoms with van der Waals surface area (Å²) >= 11 is 0. The zero-order chi connectivity index (χ0) is 12.3. The van der Waals surface area contributed by atoms with Gasteiger partial charge in [-0.25, -0.2) is 0 Å². The van der Waals surface area contributed by atoms with Crippen molar-refractivity contribution in [3.63, 3.8) is 0 Å². The second-order valence-corrected chi connectivity index (χ2v) is 5.00. The number of furan rings is 1. The fourth-order valence-corrected chi connectivity index (χ4v) is 2.75. The van der Waals surface area contributed by atoms with Crippen molar-refractivity contribution in [3.05, 3.63) is 23.7 Å². The van der Waals surface area contributed by atoms with Crippen LogP contribution in [-0.4, -0.2) is 18.0 Å². The van der Waals surface area contributed by atoms with Gasteiger partial charge in [0.1, 0.15) is 5.76 Å². The van der Waals surface area contributed by atoms with E-state index in [-0.39, 0.29) is 5.92 Å². The summed E-state index contributed by atoms with van der Waals surface area (Å²) in [5.41, 5.74) is 1.23. The number of nitriles is 1. The number of hydrogen-bond acceptors (Lipinski definition) is 3. The van der Waals surface area contributed by atoms with Crippen LogP contribution >= 0.6 is 0 Å². The zero-order valence-electron chi connectivity index (χ0n) is 10.6. The Morgan fingerprint density at radius 1 is 1.47 bits per heavy atom. The molecule has 2 unspecified atom stereocenters. The molecule has 2 atom stereocenters. The summed E-state index contributed by atoms with van der Waals surface area (Å²) in [6.45, 7) is 2.87. The maximum absolute atomic E-state index is 9.20. The van der Waals surface area contributed by atoms with Gasteiger partial charge in [-0.1, -0.05) is 12.8 Å². The van der Waals surface area contributed by atoms with Crippen LogP contribution in [0.1, 0.15) is 37.0 Å². The molecule has 1 fully saturated rings. The van der Waals surface area contributed by atoms with Crippen molar-refractivity contribution in [1.29, 1.82) is 5.26 Å². The summed E-state index contributed by atoms with van der Waals surface area (Å²) in [5.74, 6) is 1.18. The maximum Gasteiger partial charge on any atom is 0.105 e. The van der Waals surface area contributed by atoms with Crippen LogP contribution in [-0.2, 0) is 6.54 Å². The predicted octanol–water partition coefficient (Wildman–Crippen LogP) is 3.10. The summed E-state index contributed by atoms with van der Waals surface area (Å²) < 4.78 is 5.31. The highest BCUT2D eigenvalue weighted by Gasteiger charge is 2.28. The molecule has 1 saturated carbocycles. The Kier molecular flexibility index (Phi) is 3.86. The van der Waals surface area contributed by atoms with Crippen LogP contribution in [0.15, 0.2) is 16.7 Å². The van der Waals surface area contributed by atoms with Crippen LogP contribution in [0.5, 0.6) is 0 Å². The highest BCUT2D eigenvalue weighted by Crippen LogP contribution is 2.28. The van der Waals surface area contributed by atoms with Crippen molar-refractivity contribution < 1.29 is 4.42 Å². The van der Waals surface area contributed by atoms with E-state index in [9.17, 15) is 5.26 Å². The topological polar surface area (TPSA) is 40.2 Å². The van der Waals surface area contributed by atoms with Crippen LogP contribution in [0.3, 0.4) is 0 Å². The molecular weight excluding hydrogens is 212 g/mol. The molecule has 3 nitrogen and oxygen atoms in total. The van der Waals surface area contributed by atoms with E-state index in [1.165, 1.54) is 18.4 Å². The van der Waals surface area contributed by atoms with E-state index >= 15 is 0 Å². The summed E-state index contributed by atoms with van der Waals surface area (Å²) in [6, 6.07) is 4.89. The van der Waals surface area contributed by atoms with Gasteiger partial charge in [-0.15, -0.1) is 0 Å². The van der Waals surface area contributed by atoms with Gasteiger partial charge in [0.05, 0.1) is 18.3 Å². The molecule has 0 spiro atoms. The minimum Gasteiger partial charge on any atom is -0.469 e. The predicted molar refractivity (Wildman–Crippen MR) is 66.3 cm³/mol. The van der Waals surface area contributed by atoms with E-state index in [4.69, 9.17) is 4.42 Å². The molecule has 17 heavy (non-hydrogen) atoms. The van der Waals surface area contributed by atoms with Gasteiger partial charge in [-0.2, -0.15) is 5.26 Å². The van der Waals surface area contributed by atoms with Crippen molar-refractivity contribution in [1.82, 2.24) is 4.90 Å². The van der Waals surface area contributed by atoms with E-state index in [1.54, 1.807) is 6.26 Å². The largest absolute Gasteiger partial charge is 0.469 e. The first kappa shape index (κ1) is 12.2. The number of aryl methyl sites for hydroxylation is 1. The van der Waals surface area contributed by atoms with E-state index < -0.39 is 0 Å². The SMILES string of the molecule is Cc1occc1CN(C)C1CCCCC1C#N. The summed E-state index contributed by atoms with van der Waals surface area (Å²) in [6.07, 6.45) is 6.38. The van der Waals surface area contributed by atoms with Crippen LogP contribution in [0.2, 0.25) is 0 Å². The third-order valence-corrected chi connectivity index (χ3v) is 3.85. The Hall–Kier alpha value is -1.27. The smallest absolute Gasteiger partial charge is 0.105 e. The average molecular weight is 232 g/mol. The molecule has 1 aromatic rings. The number of hydrogen-bond donors (Lipinski definition) is 0. The Morgan fingerprint density at radius 2 is 2.24 bits per heavy atom. The van der Waals surface area contributed by atoms with Gasteiger partial charge in [-0.05, 0) is 32.9 Å². The van der Waals surface area contributed by atoms with Crippen LogP contribution < -0.4 is 0 Å². The average Bonchev–Trinajstić information content (AvgIpc) is 2.75. The summed E-state index contributed by atoms with van der Waals surface area (Å²) in [5, 5.41) is 9.20. The van der Waals surface area contributed by atoms with E-state index in [1.807, 2.05) is 13.0 Å². The third kappa shape index (κ3) is 2.70. The third-order valence-electron chi connectivity index (χ3n) is 3.85.